The van der Waals surface area contributed by atoms with E-state index in [9.17, 15) is 31.5 Å². The molecule has 0 aliphatic rings. The van der Waals surface area contributed by atoms with E-state index in [1.165, 1.54) is 12.1 Å². The summed E-state index contributed by atoms with van der Waals surface area (Å²) in [6.45, 7) is -4.05. The summed E-state index contributed by atoms with van der Waals surface area (Å²) in [4.78, 5) is 27.8. The lowest BCUT2D eigenvalue weighted by molar-refractivity contribution is -0.144. The molecule has 158 valence electrons. The smallest absolute Gasteiger partial charge is 0.416 e. The molecule has 0 unspecified atom stereocenters. The van der Waals surface area contributed by atoms with Gasteiger partial charge in [-0.1, -0.05) is 12.1 Å². The molecule has 3 aromatic rings. The lowest BCUT2D eigenvalue weighted by Crippen LogP contribution is -2.30. The van der Waals surface area contributed by atoms with E-state index in [2.05, 4.69) is 10.3 Å². The molecular weight excluding hydrogens is 413 g/mol. The average Bonchev–Trinajstić information content (AvgIpc) is 3.08. The number of alkyl halides is 5. The maximum absolute atomic E-state index is 13.3. The zero-order chi connectivity index (χ0) is 21.9. The molecule has 1 N–H and O–H groups in total. The Kier molecular flexibility index (Phi) is 5.99. The van der Waals surface area contributed by atoms with E-state index in [1.54, 1.807) is 12.1 Å². The van der Waals surface area contributed by atoms with E-state index in [0.717, 1.165) is 24.3 Å². The van der Waals surface area contributed by atoms with Crippen molar-refractivity contribution in [2.45, 2.75) is 19.3 Å². The number of halogens is 5. The van der Waals surface area contributed by atoms with Crippen molar-refractivity contribution in [3.63, 3.8) is 0 Å². The number of rotatable bonds is 6. The molecule has 0 radical (unpaired) electrons. The number of fused-ring (bicyclic) bond motifs is 1. The summed E-state index contributed by atoms with van der Waals surface area (Å²) >= 11 is 0. The number of imidazole rings is 1. The van der Waals surface area contributed by atoms with E-state index in [0.29, 0.717) is 10.1 Å². The SMILES string of the molecule is O=C(CNC(=O)c1ccc(C(F)(F)F)cc1)OCc1nc2ccccc2n1C(F)F. The third kappa shape index (κ3) is 4.73. The molecule has 0 fully saturated rings. The number of hydrogen-bond acceptors (Lipinski definition) is 4. The monoisotopic (exact) mass is 427 g/mol. The Hall–Kier alpha value is -3.50. The third-order valence-electron chi connectivity index (χ3n) is 4.09. The van der Waals surface area contributed by atoms with Crippen molar-refractivity contribution in [3.05, 3.63) is 65.5 Å². The fraction of sp³-hybridized carbons (Fsp3) is 0.211. The maximum Gasteiger partial charge on any atom is 0.416 e. The average molecular weight is 427 g/mol. The summed E-state index contributed by atoms with van der Waals surface area (Å²) in [5.74, 6) is -1.89. The summed E-state index contributed by atoms with van der Waals surface area (Å²) in [6.07, 6.45) is -4.53. The largest absolute Gasteiger partial charge is 0.456 e. The molecule has 3 rings (SSSR count). The number of carbonyl (C=O) groups is 2. The summed E-state index contributed by atoms with van der Waals surface area (Å²) in [6, 6.07) is 9.58. The van der Waals surface area contributed by atoms with Crippen LogP contribution in [-0.4, -0.2) is 28.0 Å². The molecule has 2 aromatic carbocycles. The molecule has 1 aromatic heterocycles. The van der Waals surface area contributed by atoms with E-state index >= 15 is 0 Å². The van der Waals surface area contributed by atoms with Crippen LogP contribution in [0.25, 0.3) is 11.0 Å². The van der Waals surface area contributed by atoms with Gasteiger partial charge in [0, 0.05) is 5.56 Å². The molecule has 0 spiro atoms. The Morgan fingerprint density at radius 2 is 1.73 bits per heavy atom. The van der Waals surface area contributed by atoms with Gasteiger partial charge >= 0.3 is 18.7 Å². The summed E-state index contributed by atoms with van der Waals surface area (Å²) < 4.78 is 69.7. The number of aromatic nitrogens is 2. The first-order valence-corrected chi connectivity index (χ1v) is 8.52. The number of ether oxygens (including phenoxy) is 1. The van der Waals surface area contributed by atoms with Crippen molar-refractivity contribution in [1.29, 1.82) is 0 Å². The summed E-state index contributed by atoms with van der Waals surface area (Å²) in [5.41, 5.74) is -0.524. The van der Waals surface area contributed by atoms with Crippen LogP contribution < -0.4 is 5.32 Å². The molecule has 0 bridgehead atoms. The molecule has 0 atom stereocenters. The molecule has 0 aliphatic carbocycles. The zero-order valence-electron chi connectivity index (χ0n) is 15.1. The summed E-state index contributed by atoms with van der Waals surface area (Å²) in [7, 11) is 0. The van der Waals surface area contributed by atoms with Gasteiger partial charge in [0.25, 0.3) is 5.91 Å². The van der Waals surface area contributed by atoms with Gasteiger partial charge in [-0.2, -0.15) is 22.0 Å². The van der Waals surface area contributed by atoms with Crippen LogP contribution in [0.2, 0.25) is 0 Å². The molecule has 0 saturated carbocycles. The number of nitrogens with one attached hydrogen (secondary N) is 1. The van der Waals surface area contributed by atoms with E-state index in [-0.39, 0.29) is 16.9 Å². The van der Waals surface area contributed by atoms with Gasteiger partial charge in [0.05, 0.1) is 16.6 Å². The molecule has 1 heterocycles. The van der Waals surface area contributed by atoms with Crippen molar-refractivity contribution in [2.75, 3.05) is 6.54 Å². The summed E-state index contributed by atoms with van der Waals surface area (Å²) in [5, 5.41) is 2.19. The predicted molar refractivity (Wildman–Crippen MR) is 94.6 cm³/mol. The highest BCUT2D eigenvalue weighted by atomic mass is 19.4. The first kappa shape index (κ1) is 21.2. The second-order valence-electron chi connectivity index (χ2n) is 6.08. The van der Waals surface area contributed by atoms with Crippen LogP contribution in [0.15, 0.2) is 48.5 Å². The Balaban J connectivity index is 1.57. The van der Waals surface area contributed by atoms with Crippen LogP contribution in [-0.2, 0) is 22.3 Å². The zero-order valence-corrected chi connectivity index (χ0v) is 15.1. The maximum atomic E-state index is 13.3. The third-order valence-corrected chi connectivity index (χ3v) is 4.09. The number of esters is 1. The fourth-order valence-corrected chi connectivity index (χ4v) is 2.68. The van der Waals surface area contributed by atoms with Crippen LogP contribution in [0.1, 0.15) is 28.3 Å². The van der Waals surface area contributed by atoms with Gasteiger partial charge in [-0.15, -0.1) is 0 Å². The second kappa shape index (κ2) is 8.47. The van der Waals surface area contributed by atoms with E-state index < -0.39 is 43.3 Å². The highest BCUT2D eigenvalue weighted by Gasteiger charge is 2.30. The normalized spacial score (nSPS) is 11.7. The highest BCUT2D eigenvalue weighted by Crippen LogP contribution is 2.29. The standard InChI is InChI=1S/C19H14F5N3O3/c20-18(21)27-14-4-2-1-3-13(14)26-15(27)10-30-16(28)9-25-17(29)11-5-7-12(8-6-11)19(22,23)24/h1-8,18H,9-10H2,(H,25,29). The number of nitrogens with zero attached hydrogens (tertiary/aromatic N) is 2. The minimum Gasteiger partial charge on any atom is -0.456 e. The minimum absolute atomic E-state index is 0.0877. The highest BCUT2D eigenvalue weighted by molar-refractivity contribution is 5.95. The van der Waals surface area contributed by atoms with Gasteiger partial charge in [-0.25, -0.2) is 4.98 Å². The van der Waals surface area contributed by atoms with E-state index in [4.69, 9.17) is 4.74 Å². The molecule has 30 heavy (non-hydrogen) atoms. The molecule has 11 heteroatoms. The van der Waals surface area contributed by atoms with Crippen LogP contribution in [0.3, 0.4) is 0 Å². The van der Waals surface area contributed by atoms with Crippen molar-refractivity contribution in [3.8, 4) is 0 Å². The Morgan fingerprint density at radius 1 is 1.07 bits per heavy atom. The Morgan fingerprint density at radius 3 is 2.37 bits per heavy atom. The van der Waals surface area contributed by atoms with Gasteiger partial charge in [-0.3, -0.25) is 14.2 Å². The van der Waals surface area contributed by atoms with Gasteiger partial charge in [0.15, 0.2) is 5.82 Å². The number of carbonyl (C=O) groups excluding carboxylic acids is 2. The quantitative estimate of drug-likeness (QED) is 0.478. The number of hydrogen-bond donors (Lipinski definition) is 1. The second-order valence-corrected chi connectivity index (χ2v) is 6.08. The molecule has 0 saturated heterocycles. The van der Waals surface area contributed by atoms with Gasteiger partial charge in [0.1, 0.15) is 13.2 Å². The van der Waals surface area contributed by atoms with Gasteiger partial charge < -0.3 is 10.1 Å². The fourth-order valence-electron chi connectivity index (χ4n) is 2.68. The Bertz CT molecular complexity index is 1060. The first-order valence-electron chi connectivity index (χ1n) is 8.52. The predicted octanol–water partition coefficient (Wildman–Crippen LogP) is 3.92. The van der Waals surface area contributed by atoms with Crippen molar-refractivity contribution < 1.29 is 36.3 Å². The van der Waals surface area contributed by atoms with Crippen LogP contribution in [0.4, 0.5) is 22.0 Å². The van der Waals surface area contributed by atoms with Gasteiger partial charge in [-0.05, 0) is 36.4 Å². The van der Waals surface area contributed by atoms with E-state index in [1.807, 2.05) is 0 Å². The van der Waals surface area contributed by atoms with Crippen LogP contribution in [0.5, 0.6) is 0 Å². The number of benzene rings is 2. The molecule has 1 amide bonds. The van der Waals surface area contributed by atoms with Crippen molar-refractivity contribution in [1.82, 2.24) is 14.9 Å². The van der Waals surface area contributed by atoms with Crippen LogP contribution in [0, 0.1) is 0 Å². The molecular formula is C19H14F5N3O3. The molecule has 6 nitrogen and oxygen atoms in total. The Labute approximate surface area is 166 Å². The van der Waals surface area contributed by atoms with Crippen molar-refractivity contribution >= 4 is 22.9 Å². The number of para-hydroxylation sites is 2. The molecule has 0 aliphatic heterocycles. The topological polar surface area (TPSA) is 73.2 Å². The van der Waals surface area contributed by atoms with Crippen LogP contribution >= 0.6 is 0 Å². The first-order chi connectivity index (χ1) is 14.2. The van der Waals surface area contributed by atoms with Crippen molar-refractivity contribution in [2.24, 2.45) is 0 Å². The lowest BCUT2D eigenvalue weighted by atomic mass is 10.1. The van der Waals surface area contributed by atoms with Gasteiger partial charge in [0.2, 0.25) is 0 Å². The lowest BCUT2D eigenvalue weighted by Gasteiger charge is -2.10. The number of amides is 1. The minimum atomic E-state index is -4.53.